The number of benzene rings is 1. The van der Waals surface area contributed by atoms with Crippen molar-refractivity contribution >= 4 is 12.4 Å². The highest BCUT2D eigenvalue weighted by Crippen LogP contribution is 2.11. The molecule has 1 nitrogen and oxygen atoms in total. The number of allylic oxidation sites excluding steroid dienone is 1. The van der Waals surface area contributed by atoms with Gasteiger partial charge < -0.3 is 0 Å². The molecule has 0 aliphatic heterocycles. The number of aryl methyl sites for hydroxylation is 1. The van der Waals surface area contributed by atoms with Crippen LogP contribution >= 0.6 is 0 Å². The van der Waals surface area contributed by atoms with Crippen LogP contribution in [0, 0.1) is 12.7 Å². The maximum absolute atomic E-state index is 12.6. The molecule has 0 spiro atoms. The van der Waals surface area contributed by atoms with Crippen molar-refractivity contribution in [2.45, 2.75) is 6.92 Å². The summed E-state index contributed by atoms with van der Waals surface area (Å²) < 4.78 is 12.6. The highest BCUT2D eigenvalue weighted by molar-refractivity contribution is 5.74. The lowest BCUT2D eigenvalue weighted by molar-refractivity contribution is -0.104. The molecular formula is C10H9FO. The summed E-state index contributed by atoms with van der Waals surface area (Å²) in [6.07, 6.45) is 3.74. The predicted octanol–water partition coefficient (Wildman–Crippen LogP) is 2.35. The SMILES string of the molecule is Cc1cc(F)ccc1C=CC=O. The lowest BCUT2D eigenvalue weighted by Crippen LogP contribution is -1.82. The largest absolute Gasteiger partial charge is 0.299 e. The molecule has 1 rings (SSSR count). The molecule has 0 fully saturated rings. The quantitative estimate of drug-likeness (QED) is 0.484. The van der Waals surface area contributed by atoms with Gasteiger partial charge in [-0.3, -0.25) is 4.79 Å². The van der Waals surface area contributed by atoms with Crippen LogP contribution in [-0.4, -0.2) is 6.29 Å². The minimum atomic E-state index is -0.254. The molecule has 0 aliphatic rings. The molecule has 62 valence electrons. The van der Waals surface area contributed by atoms with Gasteiger partial charge in [0.05, 0.1) is 0 Å². The van der Waals surface area contributed by atoms with Crippen LogP contribution in [-0.2, 0) is 4.79 Å². The van der Waals surface area contributed by atoms with Crippen LogP contribution in [0.15, 0.2) is 24.3 Å². The van der Waals surface area contributed by atoms with Crippen molar-refractivity contribution in [3.8, 4) is 0 Å². The number of hydrogen-bond donors (Lipinski definition) is 0. The third-order valence-corrected chi connectivity index (χ3v) is 1.59. The third-order valence-electron chi connectivity index (χ3n) is 1.59. The van der Waals surface area contributed by atoms with E-state index >= 15 is 0 Å². The average molecular weight is 164 g/mol. The molecule has 1 aromatic rings. The van der Waals surface area contributed by atoms with Crippen LogP contribution in [0.4, 0.5) is 4.39 Å². The number of carbonyl (C=O) groups is 1. The lowest BCUT2D eigenvalue weighted by Gasteiger charge is -1.98. The van der Waals surface area contributed by atoms with Gasteiger partial charge in [0, 0.05) is 0 Å². The number of carbonyl (C=O) groups excluding carboxylic acids is 1. The molecule has 0 atom stereocenters. The van der Waals surface area contributed by atoms with Crippen molar-refractivity contribution < 1.29 is 9.18 Å². The predicted molar refractivity (Wildman–Crippen MR) is 46.2 cm³/mol. The van der Waals surface area contributed by atoms with Crippen LogP contribution in [0.1, 0.15) is 11.1 Å². The molecule has 0 saturated carbocycles. The summed E-state index contributed by atoms with van der Waals surface area (Å²) in [5.41, 5.74) is 1.69. The van der Waals surface area contributed by atoms with Gasteiger partial charge in [-0.2, -0.15) is 0 Å². The van der Waals surface area contributed by atoms with Crippen molar-refractivity contribution in [1.29, 1.82) is 0 Å². The fraction of sp³-hybridized carbons (Fsp3) is 0.100. The van der Waals surface area contributed by atoms with Gasteiger partial charge in [0.1, 0.15) is 12.1 Å². The first kappa shape index (κ1) is 8.65. The fourth-order valence-corrected chi connectivity index (χ4v) is 0.969. The van der Waals surface area contributed by atoms with Gasteiger partial charge in [0.15, 0.2) is 0 Å². The Balaban J connectivity index is 3.01. The van der Waals surface area contributed by atoms with Crippen LogP contribution in [0.2, 0.25) is 0 Å². The minimum absolute atomic E-state index is 0.254. The Morgan fingerprint density at radius 2 is 2.17 bits per heavy atom. The maximum Gasteiger partial charge on any atom is 0.142 e. The zero-order chi connectivity index (χ0) is 8.97. The van der Waals surface area contributed by atoms with Crippen LogP contribution in [0.5, 0.6) is 0 Å². The molecule has 12 heavy (non-hydrogen) atoms. The summed E-state index contributed by atoms with van der Waals surface area (Å²) in [5.74, 6) is -0.254. The summed E-state index contributed by atoms with van der Waals surface area (Å²) in [4.78, 5) is 10.00. The second-order valence-corrected chi connectivity index (χ2v) is 2.50. The number of aldehydes is 1. The van der Waals surface area contributed by atoms with Gasteiger partial charge in [-0.15, -0.1) is 0 Å². The van der Waals surface area contributed by atoms with Crippen LogP contribution < -0.4 is 0 Å². The maximum atomic E-state index is 12.6. The molecule has 0 heterocycles. The molecule has 0 radical (unpaired) electrons. The van der Waals surface area contributed by atoms with Gasteiger partial charge in [-0.05, 0) is 36.3 Å². The lowest BCUT2D eigenvalue weighted by atomic mass is 10.1. The molecule has 2 heteroatoms. The summed E-state index contributed by atoms with van der Waals surface area (Å²) >= 11 is 0. The Kier molecular flexibility index (Phi) is 2.75. The van der Waals surface area contributed by atoms with E-state index in [1.165, 1.54) is 18.2 Å². The van der Waals surface area contributed by atoms with E-state index in [1.54, 1.807) is 19.1 Å². The third kappa shape index (κ3) is 2.02. The van der Waals surface area contributed by atoms with E-state index in [4.69, 9.17) is 0 Å². The van der Waals surface area contributed by atoms with E-state index in [1.807, 2.05) is 0 Å². The van der Waals surface area contributed by atoms with Crippen molar-refractivity contribution in [3.05, 3.63) is 41.2 Å². The number of hydrogen-bond acceptors (Lipinski definition) is 1. The molecule has 0 aliphatic carbocycles. The number of rotatable bonds is 2. The van der Waals surface area contributed by atoms with Crippen LogP contribution in [0.3, 0.4) is 0 Å². The molecule has 0 aromatic heterocycles. The van der Waals surface area contributed by atoms with Crippen molar-refractivity contribution in [3.63, 3.8) is 0 Å². The first-order chi connectivity index (χ1) is 5.74. The molecule has 1 aromatic carbocycles. The minimum Gasteiger partial charge on any atom is -0.299 e. The Morgan fingerprint density at radius 1 is 1.42 bits per heavy atom. The topological polar surface area (TPSA) is 17.1 Å². The van der Waals surface area contributed by atoms with Gasteiger partial charge >= 0.3 is 0 Å². The van der Waals surface area contributed by atoms with Gasteiger partial charge in [0.2, 0.25) is 0 Å². The summed E-state index contributed by atoms with van der Waals surface area (Å²) in [6, 6.07) is 4.45. The van der Waals surface area contributed by atoms with E-state index in [2.05, 4.69) is 0 Å². The van der Waals surface area contributed by atoms with E-state index in [-0.39, 0.29) is 5.82 Å². The smallest absolute Gasteiger partial charge is 0.142 e. The highest BCUT2D eigenvalue weighted by Gasteiger charge is 1.94. The van der Waals surface area contributed by atoms with E-state index in [0.29, 0.717) is 6.29 Å². The molecule has 0 unspecified atom stereocenters. The molecule has 0 N–H and O–H groups in total. The Morgan fingerprint density at radius 3 is 2.75 bits per heavy atom. The van der Waals surface area contributed by atoms with Crippen molar-refractivity contribution in [1.82, 2.24) is 0 Å². The van der Waals surface area contributed by atoms with E-state index in [9.17, 15) is 9.18 Å². The van der Waals surface area contributed by atoms with Gasteiger partial charge in [-0.1, -0.05) is 12.1 Å². The summed E-state index contributed by atoms with van der Waals surface area (Å²) in [7, 11) is 0. The Hall–Kier alpha value is -1.44. The number of halogens is 1. The molecule has 0 amide bonds. The normalized spacial score (nSPS) is 10.5. The standard InChI is InChI=1S/C10H9FO/c1-8-7-10(11)5-4-9(8)3-2-6-12/h2-7H,1H3. The molecular weight excluding hydrogens is 155 g/mol. The highest BCUT2D eigenvalue weighted by atomic mass is 19.1. The Bertz CT molecular complexity index is 316. The fourth-order valence-electron chi connectivity index (χ4n) is 0.969. The summed E-state index contributed by atoms with van der Waals surface area (Å²) in [5, 5.41) is 0. The second-order valence-electron chi connectivity index (χ2n) is 2.50. The van der Waals surface area contributed by atoms with Crippen LogP contribution in [0.25, 0.3) is 6.08 Å². The van der Waals surface area contributed by atoms with E-state index in [0.717, 1.165) is 11.1 Å². The first-order valence-electron chi connectivity index (χ1n) is 3.62. The van der Waals surface area contributed by atoms with Crippen molar-refractivity contribution in [2.75, 3.05) is 0 Å². The van der Waals surface area contributed by atoms with Gasteiger partial charge in [0.25, 0.3) is 0 Å². The Labute approximate surface area is 70.5 Å². The molecule has 0 saturated heterocycles. The summed E-state index contributed by atoms with van der Waals surface area (Å²) in [6.45, 7) is 1.80. The first-order valence-corrected chi connectivity index (χ1v) is 3.62. The van der Waals surface area contributed by atoms with E-state index < -0.39 is 0 Å². The zero-order valence-electron chi connectivity index (χ0n) is 6.75. The monoisotopic (exact) mass is 164 g/mol. The second kappa shape index (κ2) is 3.81. The zero-order valence-corrected chi connectivity index (χ0v) is 6.75. The van der Waals surface area contributed by atoms with Gasteiger partial charge in [-0.25, -0.2) is 4.39 Å². The average Bonchev–Trinajstić information content (AvgIpc) is 2.03. The van der Waals surface area contributed by atoms with Crippen molar-refractivity contribution in [2.24, 2.45) is 0 Å². The molecule has 0 bridgehead atoms.